The SMILES string of the molecule is CN(C(=O)C1=C[C@H]2OC(c3ccccc3)(c3ccccc3)O[C@H]2[C@H](OC(=O)c2ccccc2C=C2CCC3O[C@]3(C)CC[C@@H]3[C@@H]2CC3(C)C)C1)[C@H](Cc1ccccc1)C(=O)NCCO. The van der Waals surface area contributed by atoms with Crippen LogP contribution in [0.4, 0.5) is 0 Å². The van der Waals surface area contributed by atoms with Crippen molar-refractivity contribution < 1.29 is 38.4 Å². The molecule has 10 nitrogen and oxygen atoms in total. The number of likely N-dealkylation sites (N-methyl/N-ethyl adjacent to an activating group) is 1. The number of esters is 1. The number of rotatable bonds is 12. The Balaban J connectivity index is 1.05. The molecule has 4 aromatic carbocycles. The number of fused-ring (bicyclic) bond motifs is 3. The quantitative estimate of drug-likeness (QED) is 0.108. The molecule has 0 radical (unpaired) electrons. The van der Waals surface area contributed by atoms with Crippen LogP contribution in [0, 0.1) is 17.3 Å². The zero-order valence-electron chi connectivity index (χ0n) is 37.3. The van der Waals surface area contributed by atoms with Gasteiger partial charge in [0.1, 0.15) is 24.4 Å². The van der Waals surface area contributed by atoms with E-state index in [1.165, 1.54) is 10.5 Å². The molecular weight excluding hydrogens is 805 g/mol. The van der Waals surface area contributed by atoms with E-state index in [4.69, 9.17) is 18.9 Å². The van der Waals surface area contributed by atoms with E-state index in [0.29, 0.717) is 23.0 Å². The number of aliphatic hydroxyl groups excluding tert-OH is 1. The highest BCUT2D eigenvalue weighted by atomic mass is 16.8. The van der Waals surface area contributed by atoms with E-state index >= 15 is 0 Å². The molecule has 0 spiro atoms. The Morgan fingerprint density at radius 1 is 0.859 bits per heavy atom. The lowest BCUT2D eigenvalue weighted by molar-refractivity contribution is -0.157. The average Bonchev–Trinajstić information content (AvgIpc) is 3.76. The monoisotopic (exact) mass is 864 g/mol. The Kier molecular flexibility index (Phi) is 12.2. The number of ether oxygens (including phenoxy) is 4. The van der Waals surface area contributed by atoms with Crippen molar-refractivity contribution in [1.29, 1.82) is 0 Å². The maximum absolute atomic E-state index is 14.8. The molecule has 334 valence electrons. The van der Waals surface area contributed by atoms with E-state index in [9.17, 15) is 19.5 Å². The summed E-state index contributed by atoms with van der Waals surface area (Å²) in [5.74, 6) is -1.70. The molecule has 2 saturated heterocycles. The van der Waals surface area contributed by atoms with Crippen LogP contribution < -0.4 is 5.32 Å². The standard InChI is InChI=1S/C54H60N2O8/c1-52(2)34-42-37(24-25-47-53(3,63-47)27-26-43(42)52)31-36-18-14-15-23-41(36)51(60)61-45-32-38(50(59)56(4)44(49(58)55-28-29-57)30-35-16-8-5-9-17-35)33-46-48(45)64-54(62-46,39-19-10-6-11-20-39)40-21-12-7-13-22-40/h5-23,31,33,42-48,57H,24-30,32,34H2,1-4H3,(H,55,58)/t42-,43-,44-,45-,46-,47?,48+,53-/m1/s1. The van der Waals surface area contributed by atoms with E-state index in [1.807, 2.05) is 115 Å². The molecule has 0 aromatic heterocycles. The van der Waals surface area contributed by atoms with Gasteiger partial charge in [-0.15, -0.1) is 0 Å². The summed E-state index contributed by atoms with van der Waals surface area (Å²) < 4.78 is 26.9. The number of hydrogen-bond donors (Lipinski definition) is 2. The molecule has 2 heterocycles. The highest BCUT2D eigenvalue weighted by Crippen LogP contribution is 2.60. The second-order valence-electron chi connectivity index (χ2n) is 19.2. The number of allylic oxidation sites excluding steroid dienone is 1. The van der Waals surface area contributed by atoms with Gasteiger partial charge < -0.3 is 34.3 Å². The van der Waals surface area contributed by atoms with Crippen molar-refractivity contribution in [3.05, 3.63) is 160 Å². The molecule has 8 atom stereocenters. The number of aliphatic hydroxyl groups is 1. The molecule has 2 saturated carbocycles. The molecular formula is C54H60N2O8. The van der Waals surface area contributed by atoms with Gasteiger partial charge in [-0.1, -0.05) is 135 Å². The van der Waals surface area contributed by atoms with Crippen LogP contribution in [0.5, 0.6) is 0 Å². The van der Waals surface area contributed by atoms with E-state index in [0.717, 1.165) is 54.4 Å². The fourth-order valence-corrected chi connectivity index (χ4v) is 10.9. The van der Waals surface area contributed by atoms with E-state index in [1.54, 1.807) is 13.1 Å². The summed E-state index contributed by atoms with van der Waals surface area (Å²) in [5.41, 5.74) is 5.52. The number of benzene rings is 4. The molecule has 4 fully saturated rings. The van der Waals surface area contributed by atoms with E-state index < -0.39 is 42.0 Å². The average molecular weight is 865 g/mol. The predicted molar refractivity (Wildman–Crippen MR) is 244 cm³/mol. The Bertz CT molecular complexity index is 2360. The first kappa shape index (κ1) is 43.8. The van der Waals surface area contributed by atoms with Crippen LogP contribution in [0.2, 0.25) is 0 Å². The third kappa shape index (κ3) is 8.61. The number of nitrogens with zero attached hydrogens (tertiary/aromatic N) is 1. The Morgan fingerprint density at radius 3 is 2.19 bits per heavy atom. The van der Waals surface area contributed by atoms with Crippen molar-refractivity contribution in [1.82, 2.24) is 10.2 Å². The molecule has 64 heavy (non-hydrogen) atoms. The number of epoxide rings is 1. The van der Waals surface area contributed by atoms with Crippen LogP contribution in [0.25, 0.3) is 6.08 Å². The number of carbonyl (C=O) groups is 3. The Morgan fingerprint density at radius 2 is 1.52 bits per heavy atom. The zero-order valence-corrected chi connectivity index (χ0v) is 37.3. The van der Waals surface area contributed by atoms with Crippen LogP contribution in [-0.4, -0.2) is 84.0 Å². The fourth-order valence-electron chi connectivity index (χ4n) is 10.9. The topological polar surface area (TPSA) is 127 Å². The van der Waals surface area contributed by atoms with Crippen LogP contribution >= 0.6 is 0 Å². The summed E-state index contributed by atoms with van der Waals surface area (Å²) in [7, 11) is 1.61. The van der Waals surface area contributed by atoms with Gasteiger partial charge in [0.15, 0.2) is 0 Å². The first-order valence-electron chi connectivity index (χ1n) is 22.9. The lowest BCUT2D eigenvalue weighted by Gasteiger charge is -2.53. The Labute approximate surface area is 376 Å². The van der Waals surface area contributed by atoms with E-state index in [-0.39, 0.29) is 49.0 Å². The summed E-state index contributed by atoms with van der Waals surface area (Å²) in [6.07, 6.45) is 7.17. The first-order valence-corrected chi connectivity index (χ1v) is 22.9. The molecule has 4 aromatic rings. The maximum Gasteiger partial charge on any atom is 0.339 e. The van der Waals surface area contributed by atoms with Gasteiger partial charge in [-0.3, -0.25) is 9.59 Å². The lowest BCUT2D eigenvalue weighted by atomic mass is 9.52. The van der Waals surface area contributed by atoms with Gasteiger partial charge in [0.2, 0.25) is 17.6 Å². The van der Waals surface area contributed by atoms with Crippen LogP contribution in [-0.2, 0) is 40.7 Å². The highest BCUT2D eigenvalue weighted by Gasteiger charge is 2.57. The van der Waals surface area contributed by atoms with Gasteiger partial charge in [-0.05, 0) is 79.5 Å². The van der Waals surface area contributed by atoms with Crippen LogP contribution in [0.15, 0.2) is 132 Å². The largest absolute Gasteiger partial charge is 0.456 e. The summed E-state index contributed by atoms with van der Waals surface area (Å²) in [6, 6.07) is 35.5. The molecule has 3 aliphatic carbocycles. The van der Waals surface area contributed by atoms with Crippen molar-refractivity contribution in [3.8, 4) is 0 Å². The molecule has 1 unspecified atom stereocenters. The van der Waals surface area contributed by atoms with E-state index in [2.05, 4.69) is 32.2 Å². The van der Waals surface area contributed by atoms with Gasteiger partial charge in [0.25, 0.3) is 0 Å². The van der Waals surface area contributed by atoms with Crippen molar-refractivity contribution in [2.24, 2.45) is 17.3 Å². The smallest absolute Gasteiger partial charge is 0.339 e. The lowest BCUT2D eigenvalue weighted by Crippen LogP contribution is -2.51. The molecule has 10 heteroatoms. The van der Waals surface area contributed by atoms with Gasteiger partial charge in [-0.2, -0.15) is 0 Å². The number of amides is 2. The van der Waals surface area contributed by atoms with Crippen molar-refractivity contribution in [3.63, 3.8) is 0 Å². The summed E-state index contributed by atoms with van der Waals surface area (Å²) in [4.78, 5) is 44.6. The number of nitrogens with one attached hydrogen (secondary N) is 1. The first-order chi connectivity index (χ1) is 30.9. The zero-order chi connectivity index (χ0) is 44.6. The second kappa shape index (κ2) is 17.9. The number of hydrogen-bond acceptors (Lipinski definition) is 8. The maximum atomic E-state index is 14.8. The molecule has 0 bridgehead atoms. The minimum atomic E-state index is -1.38. The van der Waals surface area contributed by atoms with Crippen LogP contribution in [0.1, 0.15) is 91.9 Å². The van der Waals surface area contributed by atoms with Gasteiger partial charge in [0.05, 0.1) is 23.9 Å². The molecule has 5 aliphatic rings. The number of carbonyl (C=O) groups excluding carboxylic acids is 3. The van der Waals surface area contributed by atoms with Crippen molar-refractivity contribution in [2.75, 3.05) is 20.2 Å². The molecule has 9 rings (SSSR count). The summed E-state index contributed by atoms with van der Waals surface area (Å²) >= 11 is 0. The van der Waals surface area contributed by atoms with Crippen molar-refractivity contribution in [2.45, 2.75) is 108 Å². The minimum absolute atomic E-state index is 0.0255. The van der Waals surface area contributed by atoms with Gasteiger partial charge in [-0.25, -0.2) is 4.79 Å². The normalized spacial score (nSPS) is 28.6. The third-order valence-electron chi connectivity index (χ3n) is 14.6. The Hall–Kier alpha value is -5.39. The third-order valence-corrected chi connectivity index (χ3v) is 14.6. The van der Waals surface area contributed by atoms with Gasteiger partial charge >= 0.3 is 5.97 Å². The highest BCUT2D eigenvalue weighted by molar-refractivity contribution is 5.98. The molecule has 2 N–H and O–H groups in total. The summed E-state index contributed by atoms with van der Waals surface area (Å²) in [6.45, 7) is 6.82. The minimum Gasteiger partial charge on any atom is -0.456 e. The van der Waals surface area contributed by atoms with Crippen LogP contribution in [0.3, 0.4) is 0 Å². The molecule has 2 amide bonds. The second-order valence-corrected chi connectivity index (χ2v) is 19.2. The van der Waals surface area contributed by atoms with Crippen molar-refractivity contribution >= 4 is 23.9 Å². The van der Waals surface area contributed by atoms with Gasteiger partial charge in [0, 0.05) is 43.1 Å². The predicted octanol–water partition coefficient (Wildman–Crippen LogP) is 8.18. The summed E-state index contributed by atoms with van der Waals surface area (Å²) in [5, 5.41) is 12.3. The molecule has 2 aliphatic heterocycles. The fraction of sp³-hybridized carbons (Fsp3) is 0.426.